The molecule has 8 fully saturated rings. The van der Waals surface area contributed by atoms with Crippen molar-refractivity contribution < 1.29 is 25.3 Å². The van der Waals surface area contributed by atoms with E-state index in [0.29, 0.717) is 43.7 Å². The number of methoxy groups -OCH3 is 1. The number of amides is 2. The number of cyclic esters (lactones) is 1. The number of likely N-dealkylation sites (tertiary alicyclic amines) is 2. The van der Waals surface area contributed by atoms with E-state index < -0.39 is 17.5 Å². The summed E-state index contributed by atoms with van der Waals surface area (Å²) in [7, 11) is 3.88. The van der Waals surface area contributed by atoms with Crippen molar-refractivity contribution in [1.29, 1.82) is 0 Å². The average molecular weight is 1140 g/mol. The first-order valence-electron chi connectivity index (χ1n) is 31.7. The van der Waals surface area contributed by atoms with E-state index in [9.17, 15) is 9.59 Å². The Hall–Kier alpha value is -4.91. The largest absolute Gasteiger partial charge is 0.464 e. The minimum Gasteiger partial charge on any atom is -0.464 e. The fourth-order valence-corrected chi connectivity index (χ4v) is 16.3. The van der Waals surface area contributed by atoms with Crippen molar-refractivity contribution in [2.24, 2.45) is 22.7 Å². The molecule has 5 saturated heterocycles. The van der Waals surface area contributed by atoms with E-state index in [1.807, 2.05) is 25.1 Å². The van der Waals surface area contributed by atoms with Crippen LogP contribution in [0.3, 0.4) is 0 Å². The van der Waals surface area contributed by atoms with E-state index in [1.165, 1.54) is 31.2 Å². The van der Waals surface area contributed by atoms with Gasteiger partial charge in [-0.3, -0.25) is 34.1 Å². The first-order valence-corrected chi connectivity index (χ1v) is 32.6. The summed E-state index contributed by atoms with van der Waals surface area (Å²) in [5, 5.41) is 9.84. The van der Waals surface area contributed by atoms with Crippen LogP contribution >= 0.6 is 11.3 Å². The smallest absolute Gasteiger partial charge is 0.324 e. The number of hydrogen-bond acceptors (Lipinski definition) is 14. The van der Waals surface area contributed by atoms with Crippen LogP contribution in [-0.2, 0) is 43.2 Å². The summed E-state index contributed by atoms with van der Waals surface area (Å²) in [6, 6.07) is 9.04. The van der Waals surface area contributed by atoms with Crippen LogP contribution in [0.2, 0.25) is 0 Å². The first-order chi connectivity index (χ1) is 39.7. The van der Waals surface area contributed by atoms with Gasteiger partial charge in [-0.15, -0.1) is 11.3 Å². The van der Waals surface area contributed by atoms with Crippen LogP contribution in [0.15, 0.2) is 48.1 Å². The Balaban J connectivity index is 0.00000238. The molecule has 4 aromatic rings. The zero-order valence-corrected chi connectivity index (χ0v) is 51.3. The number of ether oxygens (including phenoxy) is 2. The number of anilines is 1. The van der Waals surface area contributed by atoms with Crippen LogP contribution in [0.4, 0.5) is 5.69 Å². The van der Waals surface area contributed by atoms with Gasteiger partial charge in [-0.25, -0.2) is 10.4 Å². The number of hydrogen-bond donors (Lipinski definition) is 2. The number of esters is 1. The third-order valence-electron chi connectivity index (χ3n) is 20.4. The lowest BCUT2D eigenvalue weighted by Crippen LogP contribution is -2.58. The molecule has 82 heavy (non-hydrogen) atoms. The van der Waals surface area contributed by atoms with Gasteiger partial charge in [0.25, 0.3) is 0 Å². The van der Waals surface area contributed by atoms with E-state index in [1.54, 1.807) is 18.4 Å². The summed E-state index contributed by atoms with van der Waals surface area (Å²) in [5.41, 5.74) is 12.3. The number of carbonyl (C=O) groups excluding carboxylic acids is 3. The molecule has 6 aliphatic heterocycles. The second kappa shape index (κ2) is 23.5. The topological polar surface area (TPSA) is 144 Å². The minimum atomic E-state index is -0.569. The van der Waals surface area contributed by atoms with Crippen molar-refractivity contribution in [2.45, 2.75) is 180 Å². The van der Waals surface area contributed by atoms with Crippen molar-refractivity contribution in [3.63, 3.8) is 0 Å². The molecule has 9 aliphatic rings. The second-order valence-corrected chi connectivity index (χ2v) is 27.5. The number of thiazole rings is 1. The zero-order valence-electron chi connectivity index (χ0n) is 50.5. The van der Waals surface area contributed by atoms with Gasteiger partial charge < -0.3 is 34.2 Å². The number of aromatic nitrogens is 3. The Bertz CT molecular complexity index is 3020. The van der Waals surface area contributed by atoms with Gasteiger partial charge in [0.2, 0.25) is 11.8 Å². The van der Waals surface area contributed by atoms with Crippen LogP contribution in [0, 0.1) is 22.7 Å². The number of pyridine rings is 1. The predicted molar refractivity (Wildman–Crippen MR) is 327 cm³/mol. The van der Waals surface area contributed by atoms with Crippen molar-refractivity contribution in [3.05, 3.63) is 64.4 Å². The highest BCUT2D eigenvalue weighted by molar-refractivity contribution is 7.10. The molecular formula is C65H95N11O5S. The van der Waals surface area contributed by atoms with E-state index in [4.69, 9.17) is 26.0 Å². The van der Waals surface area contributed by atoms with Crippen LogP contribution in [0.1, 0.15) is 142 Å². The lowest BCUT2D eigenvalue weighted by atomic mass is 9.84. The molecule has 0 radical (unpaired) electrons. The molecule has 3 aliphatic carbocycles. The van der Waals surface area contributed by atoms with Gasteiger partial charge >= 0.3 is 5.97 Å². The molecule has 8 atom stereocenters. The molecule has 2 amide bonds. The Labute approximate surface area is 493 Å². The van der Waals surface area contributed by atoms with Crippen molar-refractivity contribution in [1.82, 2.24) is 49.9 Å². The Kier molecular flexibility index (Phi) is 16.5. The number of nitrogens with one attached hydrogen (secondary N) is 2. The van der Waals surface area contributed by atoms with Crippen molar-refractivity contribution in [3.8, 4) is 22.5 Å². The van der Waals surface area contributed by atoms with E-state index >= 15 is 4.79 Å². The Morgan fingerprint density at radius 2 is 1.74 bits per heavy atom. The molecule has 16 nitrogen and oxygen atoms in total. The minimum absolute atomic E-state index is 0. The highest BCUT2D eigenvalue weighted by Gasteiger charge is 2.59. The maximum Gasteiger partial charge on any atom is 0.324 e. The molecule has 17 heteroatoms. The third kappa shape index (κ3) is 11.4. The Morgan fingerprint density at radius 1 is 0.976 bits per heavy atom. The molecular weight excluding hydrogens is 1050 g/mol. The number of benzene rings is 1. The SMILES string of the molecule is C=C1[C@@H](NC(=O)[C@H](C2CCCC2)N2CC[C@]3(CCN(C(=O)[C@H]4[C@@H](C5CC5)N4C)C3)C2)Cc2nc(cs2)-c2ccc3c(c2)c(c(-c2cc(N4CCN(C5CC5)CC4)cnc2[C@H](C)OC)n3CC)CC(C)(C)COC(=O)[C@@H]2CCCN1N2.CC.[HH]. The van der Waals surface area contributed by atoms with Crippen LogP contribution in [0.5, 0.6) is 0 Å². The highest BCUT2D eigenvalue weighted by atomic mass is 32.1. The summed E-state index contributed by atoms with van der Waals surface area (Å²) in [6.07, 6.45) is 15.7. The number of piperazine rings is 1. The molecule has 6 bridgehead atoms. The molecule has 446 valence electrons. The van der Waals surface area contributed by atoms with E-state index in [2.05, 4.69) is 104 Å². The molecule has 3 aromatic heterocycles. The summed E-state index contributed by atoms with van der Waals surface area (Å²) in [6.45, 7) is 26.4. The lowest BCUT2D eigenvalue weighted by molar-refractivity contribution is -0.152. The molecule has 2 N–H and O–H groups in total. The number of carbonyl (C=O) groups is 3. The number of hydrazine groups is 1. The monoisotopic (exact) mass is 1140 g/mol. The predicted octanol–water partition coefficient (Wildman–Crippen LogP) is 9.32. The highest BCUT2D eigenvalue weighted by Crippen LogP contribution is 2.49. The number of rotatable bonds is 12. The summed E-state index contributed by atoms with van der Waals surface area (Å²) >= 11 is 1.62. The number of likely N-dealkylation sites (N-methyl/N-ethyl adjacent to an activating group) is 1. The van der Waals surface area contributed by atoms with Crippen LogP contribution in [-0.4, -0.2) is 173 Å². The molecule has 9 heterocycles. The zero-order chi connectivity index (χ0) is 57.2. The molecule has 1 spiro atoms. The molecule has 13 rings (SSSR count). The molecule has 1 unspecified atom stereocenters. The third-order valence-corrected chi connectivity index (χ3v) is 21.2. The second-order valence-electron chi connectivity index (χ2n) is 26.5. The van der Waals surface area contributed by atoms with Crippen LogP contribution in [0.25, 0.3) is 33.4 Å². The Morgan fingerprint density at radius 3 is 2.48 bits per heavy atom. The number of aryl methyl sites for hydroxylation is 1. The maximum absolute atomic E-state index is 15.4. The van der Waals surface area contributed by atoms with E-state index in [0.717, 1.165) is 165 Å². The van der Waals surface area contributed by atoms with Crippen molar-refractivity contribution in [2.75, 3.05) is 84.6 Å². The van der Waals surface area contributed by atoms with E-state index in [-0.39, 0.29) is 49.4 Å². The lowest BCUT2D eigenvalue weighted by Gasteiger charge is -2.39. The van der Waals surface area contributed by atoms with Gasteiger partial charge in [-0.1, -0.05) is 53.2 Å². The first kappa shape index (κ1) is 57.5. The standard InChI is InChI=1S/C63H87N11O5S.C2H6.H2/c1-8-73-52-20-17-43-30-46(52)48(57(73)47-31-45(34-64-54(47)40(3)78-7)70-28-26-69(27-29-70)44-18-19-44)33-62(4,5)38-79-61(77)49-14-11-23-74(67-49)39(2)50(32-53-65-51(43)35-80-53)66-59(75)56(41-12-9-10-13-41)71-24-21-63(36-71)22-25-72(37-63)60(76)58-55(68(58)6)42-15-16-42;1-2;/h17,20,30-31,34-35,40-42,44,49-50,55-56,58,67H,2,8-16,18-19,21-29,32-33,36-38H2,1,3-7H3,(H,66,75);1-2H3;1H/t40-,49-,50-,55+,56-,58+,63-,68?;;/m0../s1. The van der Waals surface area contributed by atoms with Gasteiger partial charge in [0, 0.05) is 130 Å². The average Bonchev–Trinajstić information content (AvgIpc) is 3.60. The quantitative estimate of drug-likeness (QED) is 0.103. The van der Waals surface area contributed by atoms with Gasteiger partial charge in [-0.05, 0) is 134 Å². The fourth-order valence-electron chi connectivity index (χ4n) is 15.4. The maximum atomic E-state index is 15.4. The van der Waals surface area contributed by atoms with Crippen molar-refractivity contribution >= 4 is 45.7 Å². The summed E-state index contributed by atoms with van der Waals surface area (Å²) in [4.78, 5) is 66.4. The number of fused-ring (bicyclic) bond motifs is 6. The summed E-state index contributed by atoms with van der Waals surface area (Å²) in [5.74, 6) is 1.03. The summed E-state index contributed by atoms with van der Waals surface area (Å²) < 4.78 is 14.9. The molecule has 1 aromatic carbocycles. The van der Waals surface area contributed by atoms with Crippen LogP contribution < -0.4 is 15.6 Å². The fraction of sp³-hybridized carbons (Fsp3) is 0.677. The van der Waals surface area contributed by atoms with Gasteiger partial charge in [0.15, 0.2) is 0 Å². The van der Waals surface area contributed by atoms with Gasteiger partial charge in [0.05, 0.1) is 58.8 Å². The molecule has 3 saturated carbocycles. The normalized spacial score (nSPS) is 28.9. The number of nitrogens with zero attached hydrogens (tertiary/aromatic N) is 9. The van der Waals surface area contributed by atoms with Gasteiger partial charge in [0.1, 0.15) is 12.1 Å². The van der Waals surface area contributed by atoms with Gasteiger partial charge in [-0.2, -0.15) is 0 Å².